The van der Waals surface area contributed by atoms with Crippen LogP contribution in [-0.2, 0) is 24.4 Å². The predicted molar refractivity (Wildman–Crippen MR) is 103 cm³/mol. The van der Waals surface area contributed by atoms with Gasteiger partial charge in [-0.05, 0) is 53.5 Å². The van der Waals surface area contributed by atoms with Gasteiger partial charge in [0.2, 0.25) is 0 Å². The van der Waals surface area contributed by atoms with Crippen molar-refractivity contribution in [1.82, 2.24) is 0 Å². The van der Waals surface area contributed by atoms with Gasteiger partial charge in [0.1, 0.15) is 11.5 Å². The van der Waals surface area contributed by atoms with Gasteiger partial charge >= 0.3 is 7.60 Å². The second kappa shape index (κ2) is 7.79. The van der Waals surface area contributed by atoms with Gasteiger partial charge in [-0.1, -0.05) is 41.5 Å². The first-order valence-electron chi connectivity index (χ1n) is 8.80. The van der Waals surface area contributed by atoms with Gasteiger partial charge in [-0.3, -0.25) is 4.57 Å². The summed E-state index contributed by atoms with van der Waals surface area (Å²) in [4.78, 5) is 0. The quantitative estimate of drug-likeness (QED) is 0.671. The van der Waals surface area contributed by atoms with Crippen LogP contribution in [0.5, 0.6) is 5.75 Å². The second-order valence-corrected chi connectivity index (χ2v) is 10.4. The molecule has 5 nitrogen and oxygen atoms in total. The monoisotopic (exact) mass is 371 g/mol. The summed E-state index contributed by atoms with van der Waals surface area (Å²) in [6.07, 6.45) is 0. The van der Waals surface area contributed by atoms with Crippen molar-refractivity contribution in [2.75, 3.05) is 13.2 Å². The lowest BCUT2D eigenvalue weighted by Crippen LogP contribution is -2.21. The Morgan fingerprint density at radius 3 is 1.64 bits per heavy atom. The van der Waals surface area contributed by atoms with Crippen molar-refractivity contribution in [3.8, 4) is 5.75 Å². The van der Waals surface area contributed by atoms with Gasteiger partial charge in [-0.15, -0.1) is 0 Å². The number of rotatable bonds is 6. The van der Waals surface area contributed by atoms with Crippen molar-refractivity contribution in [2.45, 2.75) is 72.0 Å². The van der Waals surface area contributed by atoms with E-state index >= 15 is 0 Å². The molecule has 0 bridgehead atoms. The third kappa shape index (κ3) is 5.07. The van der Waals surface area contributed by atoms with Gasteiger partial charge in [0.05, 0.1) is 13.2 Å². The van der Waals surface area contributed by atoms with Crippen molar-refractivity contribution < 1.29 is 18.7 Å². The van der Waals surface area contributed by atoms with Crippen LogP contribution in [0.1, 0.15) is 77.9 Å². The largest absolute Gasteiger partial charge is 0.507 e. The Morgan fingerprint density at radius 1 is 1.00 bits per heavy atom. The fourth-order valence-corrected chi connectivity index (χ4v) is 4.34. The Balaban J connectivity index is 3.62. The number of benzene rings is 1. The number of nitrogens with two attached hydrogens (primary N) is 1. The minimum absolute atomic E-state index is 0.251. The normalized spacial score (nSPS) is 14.6. The average molecular weight is 371 g/mol. The lowest BCUT2D eigenvalue weighted by molar-refractivity contribution is 0.212. The molecule has 0 aromatic heterocycles. The van der Waals surface area contributed by atoms with Crippen molar-refractivity contribution in [3.63, 3.8) is 0 Å². The van der Waals surface area contributed by atoms with Crippen LogP contribution in [0.15, 0.2) is 12.1 Å². The van der Waals surface area contributed by atoms with Gasteiger partial charge in [-0.25, -0.2) is 0 Å². The standard InChI is InChI=1S/C19H34NO4P/c1-9-23-25(22,24-10-2)17(20)13-11-14(18(3,4)5)16(21)15(12-13)19(6,7)8/h11-12,17,21H,9-10,20H2,1-8H3/t17-/m0/s1. The van der Waals surface area contributed by atoms with Crippen LogP contribution >= 0.6 is 7.60 Å². The smallest absolute Gasteiger partial charge is 0.351 e. The minimum atomic E-state index is -3.50. The summed E-state index contributed by atoms with van der Waals surface area (Å²) in [5.74, 6) is -0.645. The van der Waals surface area contributed by atoms with Gasteiger partial charge in [-0.2, -0.15) is 0 Å². The topological polar surface area (TPSA) is 81.8 Å². The maximum absolute atomic E-state index is 13.1. The van der Waals surface area contributed by atoms with Crippen molar-refractivity contribution in [2.24, 2.45) is 5.73 Å². The summed E-state index contributed by atoms with van der Waals surface area (Å²) in [6, 6.07) is 3.64. The zero-order valence-electron chi connectivity index (χ0n) is 16.8. The molecule has 25 heavy (non-hydrogen) atoms. The van der Waals surface area contributed by atoms with E-state index in [0.717, 1.165) is 11.1 Å². The summed E-state index contributed by atoms with van der Waals surface area (Å²) >= 11 is 0. The molecule has 3 N–H and O–H groups in total. The molecule has 0 heterocycles. The Labute approximate surface area is 152 Å². The molecule has 1 atom stereocenters. The van der Waals surface area contributed by atoms with Crippen LogP contribution in [-0.4, -0.2) is 18.3 Å². The second-order valence-electron chi connectivity index (χ2n) is 8.28. The van der Waals surface area contributed by atoms with Crippen LogP contribution in [0, 0.1) is 0 Å². The molecule has 1 aromatic rings. The van der Waals surface area contributed by atoms with E-state index in [9.17, 15) is 9.67 Å². The highest BCUT2D eigenvalue weighted by molar-refractivity contribution is 7.54. The molecule has 0 spiro atoms. The number of phenols is 1. The molecular weight excluding hydrogens is 337 g/mol. The Morgan fingerprint density at radius 2 is 1.36 bits per heavy atom. The number of aromatic hydroxyl groups is 1. The van der Waals surface area contributed by atoms with Gasteiger partial charge in [0.15, 0.2) is 0 Å². The van der Waals surface area contributed by atoms with Gasteiger partial charge in [0, 0.05) is 0 Å². The Bertz CT molecular complexity index is 599. The van der Waals surface area contributed by atoms with E-state index in [1.165, 1.54) is 0 Å². The fraction of sp³-hybridized carbons (Fsp3) is 0.684. The highest BCUT2D eigenvalue weighted by atomic mass is 31.2. The summed E-state index contributed by atoms with van der Waals surface area (Å²) in [6.45, 7) is 16.2. The highest BCUT2D eigenvalue weighted by Crippen LogP contribution is 2.59. The zero-order chi connectivity index (χ0) is 19.6. The highest BCUT2D eigenvalue weighted by Gasteiger charge is 2.36. The predicted octanol–water partition coefficient (Wildman–Crippen LogP) is 5.21. The summed E-state index contributed by atoms with van der Waals surface area (Å²) in [5.41, 5.74) is 7.93. The Hall–Kier alpha value is -0.870. The van der Waals surface area contributed by atoms with E-state index in [2.05, 4.69) is 0 Å². The van der Waals surface area contributed by atoms with E-state index < -0.39 is 13.4 Å². The number of hydrogen-bond acceptors (Lipinski definition) is 5. The lowest BCUT2D eigenvalue weighted by Gasteiger charge is -2.30. The molecule has 0 fully saturated rings. The molecule has 0 saturated heterocycles. The van der Waals surface area contributed by atoms with Crippen LogP contribution in [0.3, 0.4) is 0 Å². The molecular formula is C19H34NO4P. The molecule has 0 aliphatic carbocycles. The van der Waals surface area contributed by atoms with Crippen LogP contribution in [0.25, 0.3) is 0 Å². The summed E-state index contributed by atoms with van der Waals surface area (Å²) < 4.78 is 23.9. The van der Waals surface area contributed by atoms with Crippen molar-refractivity contribution >= 4 is 7.60 Å². The fourth-order valence-electron chi connectivity index (χ4n) is 2.71. The molecule has 0 aliphatic heterocycles. The van der Waals surface area contributed by atoms with Crippen molar-refractivity contribution in [1.29, 1.82) is 0 Å². The van der Waals surface area contributed by atoms with Crippen molar-refractivity contribution in [3.05, 3.63) is 28.8 Å². The van der Waals surface area contributed by atoms with Gasteiger partial charge in [0.25, 0.3) is 0 Å². The van der Waals surface area contributed by atoms with Crippen LogP contribution in [0.2, 0.25) is 0 Å². The Kier molecular flexibility index (Phi) is 6.91. The third-order valence-electron chi connectivity index (χ3n) is 4.05. The van der Waals surface area contributed by atoms with E-state index in [4.69, 9.17) is 14.8 Å². The van der Waals surface area contributed by atoms with Crippen LogP contribution in [0.4, 0.5) is 0 Å². The number of phenolic OH excluding ortho intramolecular Hbond substituents is 1. The first kappa shape index (κ1) is 22.2. The van der Waals surface area contributed by atoms with Gasteiger partial charge < -0.3 is 19.9 Å². The third-order valence-corrected chi connectivity index (χ3v) is 6.26. The van der Waals surface area contributed by atoms with E-state index in [1.54, 1.807) is 13.8 Å². The average Bonchev–Trinajstić information content (AvgIpc) is 2.44. The maximum atomic E-state index is 13.1. The SMILES string of the molecule is CCOP(=O)(OCC)[C@H](N)c1cc(C(C)(C)C)c(O)c(C(C)(C)C)c1. The minimum Gasteiger partial charge on any atom is -0.507 e. The molecule has 0 radical (unpaired) electrons. The maximum Gasteiger partial charge on any atom is 0.351 e. The molecule has 6 heteroatoms. The molecule has 144 valence electrons. The number of hydrogen-bond donors (Lipinski definition) is 2. The first-order valence-corrected chi connectivity index (χ1v) is 10.4. The first-order chi connectivity index (χ1) is 11.3. The van der Waals surface area contributed by atoms with E-state index in [-0.39, 0.29) is 29.8 Å². The summed E-state index contributed by atoms with van der Waals surface area (Å²) in [5, 5.41) is 10.8. The van der Waals surface area contributed by atoms with Crippen LogP contribution < -0.4 is 5.73 Å². The van der Waals surface area contributed by atoms with E-state index in [0.29, 0.717) is 5.56 Å². The molecule has 0 unspecified atom stereocenters. The molecule has 0 amide bonds. The molecule has 1 rings (SSSR count). The molecule has 1 aromatic carbocycles. The zero-order valence-corrected chi connectivity index (χ0v) is 17.7. The molecule has 0 aliphatic rings. The lowest BCUT2D eigenvalue weighted by atomic mass is 9.78. The summed E-state index contributed by atoms with van der Waals surface area (Å²) in [7, 11) is -3.50. The van der Waals surface area contributed by atoms with E-state index in [1.807, 2.05) is 53.7 Å². The molecule has 0 saturated carbocycles.